The molecule has 2 heteroatoms. The van der Waals surface area contributed by atoms with Gasteiger partial charge in [-0.25, -0.2) is 0 Å². The zero-order chi connectivity index (χ0) is 11.1. The maximum Gasteiger partial charge on any atom is 0.0533 e. The molecule has 0 aliphatic carbocycles. The highest BCUT2D eigenvalue weighted by atomic mass is 35.5. The van der Waals surface area contributed by atoms with Crippen molar-refractivity contribution in [3.8, 4) is 0 Å². The Labute approximate surface area is 98.0 Å². The molecule has 0 saturated carbocycles. The molecular weight excluding hydrogens is 206 g/mol. The Kier molecular flexibility index (Phi) is 5.74. The molecule has 1 aromatic rings. The van der Waals surface area contributed by atoms with Gasteiger partial charge < -0.3 is 4.90 Å². The molecule has 84 valence electrons. The third-order valence-electron chi connectivity index (χ3n) is 2.51. The highest BCUT2D eigenvalue weighted by Gasteiger charge is 1.97. The molecule has 1 N–H and O–H groups in total. The smallest absolute Gasteiger partial charge is 0.0533 e. The fourth-order valence-electron chi connectivity index (χ4n) is 1.67. The average molecular weight is 226 g/mol. The van der Waals surface area contributed by atoms with Crippen LogP contribution in [0.15, 0.2) is 24.3 Å². The lowest BCUT2D eigenvalue weighted by Gasteiger charge is -2.19. The monoisotopic (exact) mass is 225 g/mol. The average Bonchev–Trinajstić information content (AvgIpc) is 2.21. The van der Waals surface area contributed by atoms with E-state index in [-0.39, 0.29) is 0 Å². The van der Waals surface area contributed by atoms with Crippen LogP contribution >= 0.6 is 11.6 Å². The molecule has 1 unspecified atom stereocenters. The Hall–Kier alpha value is -0.530. The molecule has 0 heterocycles. The zero-order valence-corrected chi connectivity index (χ0v) is 10.2. The standard InChI is InChI=1S/C13H20ClN/c1-3-10-15(2)11-4-5-12-6-8-13(14)9-7-12/h6-9,15H,2-5,10-11H2,1H3. The summed E-state index contributed by atoms with van der Waals surface area (Å²) in [6.45, 7) is 4.52. The first-order valence-corrected chi connectivity index (χ1v) is 6.01. The van der Waals surface area contributed by atoms with Crippen LogP contribution < -0.4 is 4.90 Å². The number of hydrogen-bond acceptors (Lipinski definition) is 0. The molecule has 0 radical (unpaired) electrons. The molecule has 15 heavy (non-hydrogen) atoms. The van der Waals surface area contributed by atoms with E-state index in [4.69, 9.17) is 11.6 Å². The summed E-state index contributed by atoms with van der Waals surface area (Å²) in [6, 6.07) is 8.12. The van der Waals surface area contributed by atoms with E-state index < -0.39 is 0 Å². The summed E-state index contributed by atoms with van der Waals surface area (Å²) in [5, 5.41) is 0.814. The second kappa shape index (κ2) is 6.86. The Morgan fingerprint density at radius 2 is 1.87 bits per heavy atom. The van der Waals surface area contributed by atoms with E-state index in [0.29, 0.717) is 0 Å². The van der Waals surface area contributed by atoms with Crippen LogP contribution in [0.25, 0.3) is 0 Å². The van der Waals surface area contributed by atoms with Crippen LogP contribution in [-0.4, -0.2) is 13.1 Å². The molecule has 0 aromatic heterocycles. The van der Waals surface area contributed by atoms with Gasteiger partial charge in [-0.3, -0.25) is 0 Å². The number of quaternary nitrogens is 1. The summed E-state index contributed by atoms with van der Waals surface area (Å²) in [4.78, 5) is 1.38. The summed E-state index contributed by atoms with van der Waals surface area (Å²) in [6.07, 6.45) is 3.53. The van der Waals surface area contributed by atoms with E-state index in [9.17, 15) is 0 Å². The lowest BCUT2D eigenvalue weighted by molar-refractivity contribution is -0.854. The summed E-state index contributed by atoms with van der Waals surface area (Å²) < 4.78 is 0. The van der Waals surface area contributed by atoms with Gasteiger partial charge in [-0.2, -0.15) is 7.05 Å². The molecule has 0 spiro atoms. The van der Waals surface area contributed by atoms with Crippen molar-refractivity contribution in [1.82, 2.24) is 0 Å². The van der Waals surface area contributed by atoms with Crippen molar-refractivity contribution < 1.29 is 4.90 Å². The largest absolute Gasteiger partial charge is 0.468 e. The van der Waals surface area contributed by atoms with Gasteiger partial charge in [0.2, 0.25) is 0 Å². The lowest BCUT2D eigenvalue weighted by atomic mass is 10.1. The van der Waals surface area contributed by atoms with Gasteiger partial charge in [-0.1, -0.05) is 30.7 Å². The summed E-state index contributed by atoms with van der Waals surface area (Å²) in [7, 11) is 4.07. The predicted octanol–water partition coefficient (Wildman–Crippen LogP) is 2.36. The van der Waals surface area contributed by atoms with Gasteiger partial charge in [0.15, 0.2) is 0 Å². The molecule has 0 aliphatic heterocycles. The molecular formula is C13H20ClN. The molecule has 1 rings (SSSR count). The van der Waals surface area contributed by atoms with Crippen molar-refractivity contribution in [2.45, 2.75) is 26.2 Å². The second-order valence-electron chi connectivity index (χ2n) is 3.98. The van der Waals surface area contributed by atoms with Crippen molar-refractivity contribution >= 4 is 11.6 Å². The number of nitrogens with one attached hydrogen (secondary N) is 1. The number of halogens is 1. The summed E-state index contributed by atoms with van der Waals surface area (Å²) in [5.41, 5.74) is 1.36. The van der Waals surface area contributed by atoms with E-state index in [0.717, 1.165) is 18.0 Å². The van der Waals surface area contributed by atoms with Gasteiger partial charge >= 0.3 is 0 Å². The number of benzene rings is 1. The normalized spacial score (nSPS) is 12.7. The summed E-state index contributed by atoms with van der Waals surface area (Å²) >= 11 is 5.82. The maximum absolute atomic E-state index is 5.82. The quantitative estimate of drug-likeness (QED) is 0.709. The third kappa shape index (κ3) is 5.19. The molecule has 0 amide bonds. The maximum atomic E-state index is 5.82. The highest BCUT2D eigenvalue weighted by Crippen LogP contribution is 2.10. The van der Waals surface area contributed by atoms with Gasteiger partial charge in [0.25, 0.3) is 0 Å². The fourth-order valence-corrected chi connectivity index (χ4v) is 1.80. The van der Waals surface area contributed by atoms with Crippen molar-refractivity contribution in [2.75, 3.05) is 13.1 Å². The van der Waals surface area contributed by atoms with Gasteiger partial charge in [-0.05, 0) is 37.0 Å². The Morgan fingerprint density at radius 3 is 2.47 bits per heavy atom. The fraction of sp³-hybridized carbons (Fsp3) is 0.462. The van der Waals surface area contributed by atoms with E-state index in [1.165, 1.54) is 29.8 Å². The molecule has 1 nitrogen and oxygen atoms in total. The van der Waals surface area contributed by atoms with Crippen LogP contribution in [0, 0.1) is 7.05 Å². The van der Waals surface area contributed by atoms with Crippen LogP contribution in [0.1, 0.15) is 25.3 Å². The van der Waals surface area contributed by atoms with Crippen molar-refractivity contribution in [3.05, 3.63) is 41.9 Å². The van der Waals surface area contributed by atoms with E-state index in [1.807, 2.05) is 12.1 Å². The molecule has 0 bridgehead atoms. The minimum Gasteiger partial charge on any atom is -0.468 e. The molecule has 1 atom stereocenters. The highest BCUT2D eigenvalue weighted by molar-refractivity contribution is 6.30. The number of hydrogen-bond donors (Lipinski definition) is 1. The Bertz CT molecular complexity index is 268. The van der Waals surface area contributed by atoms with Gasteiger partial charge in [0, 0.05) is 5.02 Å². The third-order valence-corrected chi connectivity index (χ3v) is 2.76. The molecule has 0 aliphatic rings. The second-order valence-corrected chi connectivity index (χ2v) is 4.42. The van der Waals surface area contributed by atoms with Crippen LogP contribution in [0.5, 0.6) is 0 Å². The zero-order valence-electron chi connectivity index (χ0n) is 9.43. The Morgan fingerprint density at radius 1 is 1.20 bits per heavy atom. The number of aryl methyl sites for hydroxylation is 1. The van der Waals surface area contributed by atoms with Gasteiger partial charge in [0.05, 0.1) is 13.1 Å². The van der Waals surface area contributed by atoms with Crippen molar-refractivity contribution in [2.24, 2.45) is 0 Å². The number of rotatable bonds is 6. The van der Waals surface area contributed by atoms with Crippen LogP contribution in [-0.2, 0) is 6.42 Å². The first-order chi connectivity index (χ1) is 7.22. The topological polar surface area (TPSA) is 4.44 Å². The van der Waals surface area contributed by atoms with Crippen LogP contribution in [0.2, 0.25) is 5.02 Å². The predicted molar refractivity (Wildman–Crippen MR) is 66.1 cm³/mol. The first-order valence-electron chi connectivity index (χ1n) is 5.63. The SMILES string of the molecule is [CH2-][NH+](CCC)CCCc1ccc(Cl)cc1. The van der Waals surface area contributed by atoms with Gasteiger partial charge in [-0.15, -0.1) is 0 Å². The first kappa shape index (κ1) is 12.5. The van der Waals surface area contributed by atoms with Gasteiger partial charge in [0.1, 0.15) is 0 Å². The van der Waals surface area contributed by atoms with E-state index >= 15 is 0 Å². The van der Waals surface area contributed by atoms with E-state index in [2.05, 4.69) is 26.1 Å². The molecule has 0 fully saturated rings. The molecule has 1 aromatic carbocycles. The van der Waals surface area contributed by atoms with Crippen LogP contribution in [0.3, 0.4) is 0 Å². The minimum atomic E-state index is 0.814. The van der Waals surface area contributed by atoms with Crippen molar-refractivity contribution in [3.63, 3.8) is 0 Å². The summed E-state index contributed by atoms with van der Waals surface area (Å²) in [5.74, 6) is 0. The minimum absolute atomic E-state index is 0.814. The van der Waals surface area contributed by atoms with E-state index in [1.54, 1.807) is 0 Å². The van der Waals surface area contributed by atoms with Crippen LogP contribution in [0.4, 0.5) is 0 Å². The molecule has 0 saturated heterocycles. The lowest BCUT2D eigenvalue weighted by Crippen LogP contribution is -3.06. The van der Waals surface area contributed by atoms with Crippen molar-refractivity contribution in [1.29, 1.82) is 0 Å². The Balaban J connectivity index is 2.22.